The third-order valence-electron chi connectivity index (χ3n) is 22.5. The highest BCUT2D eigenvalue weighted by Gasteiger charge is 2.34. The zero-order valence-corrected chi connectivity index (χ0v) is 61.1. The van der Waals surface area contributed by atoms with Crippen molar-refractivity contribution in [2.45, 2.75) is 357 Å². The topological polar surface area (TPSA) is 129 Å². The molecule has 91 heavy (non-hydrogen) atoms. The summed E-state index contributed by atoms with van der Waals surface area (Å²) in [6.45, 7) is 23.1. The number of unbranched alkanes of at least 4 members (excludes halogenated alkanes) is 14. The number of esters is 4. The molecule has 0 atom stereocenters. The van der Waals surface area contributed by atoms with Gasteiger partial charge >= 0.3 is 23.9 Å². The maximum absolute atomic E-state index is 13.9. The van der Waals surface area contributed by atoms with Crippen LogP contribution < -0.4 is 0 Å². The zero-order valence-electron chi connectivity index (χ0n) is 61.1. The van der Waals surface area contributed by atoms with Crippen LogP contribution in [0.2, 0.25) is 0 Å². The Balaban J connectivity index is 1.20. The predicted octanol–water partition coefficient (Wildman–Crippen LogP) is 21.6. The molecule has 0 aromatic heterocycles. The van der Waals surface area contributed by atoms with E-state index < -0.39 is 11.8 Å². The number of rotatable bonds is 53. The molecule has 532 valence electrons. The lowest BCUT2D eigenvalue weighted by molar-refractivity contribution is -0.166. The minimum absolute atomic E-state index is 0.164. The lowest BCUT2D eigenvalue weighted by Gasteiger charge is -2.29. The molecule has 4 fully saturated rings. The zero-order chi connectivity index (χ0) is 65.7. The van der Waals surface area contributed by atoms with Crippen LogP contribution in [0.5, 0.6) is 0 Å². The average Bonchev–Trinajstić information content (AvgIpc) is 2.69. The van der Waals surface area contributed by atoms with E-state index in [-0.39, 0.29) is 30.5 Å². The number of nitrogens with zero attached hydrogens (tertiary/aromatic N) is 1. The van der Waals surface area contributed by atoms with Gasteiger partial charge in [0.1, 0.15) is 0 Å². The Morgan fingerprint density at radius 2 is 0.495 bits per heavy atom. The van der Waals surface area contributed by atoms with Crippen molar-refractivity contribution in [3.8, 4) is 0 Å². The summed E-state index contributed by atoms with van der Waals surface area (Å²) in [4.78, 5) is 58.0. The lowest BCUT2D eigenvalue weighted by atomic mass is 9.80. The molecule has 10 nitrogen and oxygen atoms in total. The number of hydrogen-bond acceptors (Lipinski definition) is 10. The Kier molecular flexibility index (Phi) is 45.6. The van der Waals surface area contributed by atoms with Gasteiger partial charge in [0.2, 0.25) is 0 Å². The van der Waals surface area contributed by atoms with Gasteiger partial charge in [0.05, 0.1) is 26.4 Å². The number of aliphatic hydroxyl groups is 1. The van der Waals surface area contributed by atoms with Crippen LogP contribution in [0.15, 0.2) is 0 Å². The number of carbonyl (C=O) groups excluding carboxylic acids is 4. The van der Waals surface area contributed by atoms with Gasteiger partial charge in [-0.2, -0.15) is 0 Å². The quantitative estimate of drug-likeness (QED) is 0.0272. The van der Waals surface area contributed by atoms with Crippen LogP contribution in [0.25, 0.3) is 0 Å². The van der Waals surface area contributed by atoms with Gasteiger partial charge in [-0.25, -0.2) is 0 Å². The van der Waals surface area contributed by atoms with E-state index in [0.717, 1.165) is 176 Å². The highest BCUT2D eigenvalue weighted by molar-refractivity contribution is 5.95. The molecule has 4 saturated carbocycles. The molecule has 0 saturated heterocycles. The first-order valence-corrected chi connectivity index (χ1v) is 40.1. The fourth-order valence-electron chi connectivity index (χ4n) is 16.0. The van der Waals surface area contributed by atoms with E-state index in [0.29, 0.717) is 62.9 Å². The van der Waals surface area contributed by atoms with Crippen LogP contribution in [0.1, 0.15) is 357 Å². The molecule has 0 heterocycles. The first-order valence-electron chi connectivity index (χ1n) is 40.1. The van der Waals surface area contributed by atoms with Gasteiger partial charge < -0.3 is 29.0 Å². The number of carbonyl (C=O) groups is 4. The van der Waals surface area contributed by atoms with Crippen molar-refractivity contribution in [3.63, 3.8) is 0 Å². The van der Waals surface area contributed by atoms with Gasteiger partial charge in [-0.15, -0.1) is 0 Å². The summed E-state index contributed by atoms with van der Waals surface area (Å²) in [5, 5.41) is 9.82. The summed E-state index contributed by atoms with van der Waals surface area (Å²) < 4.78 is 24.2. The first kappa shape index (κ1) is 81.2. The van der Waals surface area contributed by atoms with Crippen molar-refractivity contribution in [1.29, 1.82) is 0 Å². The Morgan fingerprint density at radius 3 is 0.736 bits per heavy atom. The summed E-state index contributed by atoms with van der Waals surface area (Å²) in [7, 11) is 0. The number of aliphatic hydroxyl groups excluding tert-OH is 1. The molecule has 0 spiro atoms. The molecule has 4 aliphatic carbocycles. The molecule has 0 bridgehead atoms. The highest BCUT2D eigenvalue weighted by atomic mass is 16.6. The maximum atomic E-state index is 13.9. The largest absolute Gasteiger partial charge is 0.465 e. The van der Waals surface area contributed by atoms with Crippen LogP contribution in [0, 0.1) is 82.9 Å². The minimum atomic E-state index is -0.862. The van der Waals surface area contributed by atoms with Crippen LogP contribution >= 0.6 is 0 Å². The molecule has 0 unspecified atom stereocenters. The lowest BCUT2D eigenvalue weighted by Crippen LogP contribution is -2.31. The molecular weight excluding hydrogens is 1130 g/mol. The fraction of sp³-hybridized carbons (Fsp3) is 0.951. The normalized spacial score (nSPS) is 23.1. The Labute approximate surface area is 562 Å². The van der Waals surface area contributed by atoms with Crippen molar-refractivity contribution >= 4 is 23.9 Å². The van der Waals surface area contributed by atoms with Crippen molar-refractivity contribution < 1.29 is 43.2 Å². The molecule has 0 amide bonds. The fourth-order valence-corrected chi connectivity index (χ4v) is 16.0. The van der Waals surface area contributed by atoms with Gasteiger partial charge in [-0.05, 0) is 168 Å². The second-order valence-electron chi connectivity index (χ2n) is 32.6. The van der Waals surface area contributed by atoms with Crippen molar-refractivity contribution in [1.82, 2.24) is 4.90 Å². The Bertz CT molecular complexity index is 1550. The molecule has 0 aliphatic heterocycles. The summed E-state index contributed by atoms with van der Waals surface area (Å²) in [6, 6.07) is 0. The SMILES string of the molecule is CC(C)CCCCCC1CCC(COC(=O)C(CCCCCCN(CCCO)CCCCCCC(C(=O)OCC2CCC(CCCCCC(C)C)CC2)C(=O)OCC2CCC(CCCCCC(C)C)CC2)C(=O)OCC2CCC(CCCCCC(C)C)CC2)CC1. The summed E-state index contributed by atoms with van der Waals surface area (Å²) in [6.07, 6.45) is 54.3. The van der Waals surface area contributed by atoms with Gasteiger partial charge in [0, 0.05) is 13.2 Å². The summed E-state index contributed by atoms with van der Waals surface area (Å²) in [5.41, 5.74) is 0. The third-order valence-corrected chi connectivity index (χ3v) is 22.5. The van der Waals surface area contributed by atoms with Crippen LogP contribution in [-0.2, 0) is 38.1 Å². The number of hydrogen-bond donors (Lipinski definition) is 1. The molecule has 0 aromatic carbocycles. The highest BCUT2D eigenvalue weighted by Crippen LogP contribution is 2.37. The van der Waals surface area contributed by atoms with Crippen LogP contribution in [-0.4, -0.2) is 86.6 Å². The molecule has 4 aliphatic rings. The van der Waals surface area contributed by atoms with Gasteiger partial charge in [0.15, 0.2) is 11.8 Å². The average molecular weight is 1280 g/mol. The standard InChI is InChI=1S/C81H149NO9/c1-64(2)30-17-13-21-34-68-40-48-72(49-41-68)60-88-78(84)76(79(85)89-61-73-50-42-69(43-51-73)35-22-14-18-31-65(3)4)38-25-9-11-27-56-82(58-29-59-83)57-28-12-10-26-39-77(80(86)90-62-74-52-44-70(45-53-74)36-23-15-19-32-66(5)6)81(87)91-63-75-54-46-71(47-55-75)37-24-16-20-33-67(7)8/h64-77,83H,9-63H2,1-8H3. The minimum Gasteiger partial charge on any atom is -0.465 e. The van der Waals surface area contributed by atoms with Crippen molar-refractivity contribution in [3.05, 3.63) is 0 Å². The molecular formula is C81H149NO9. The van der Waals surface area contributed by atoms with E-state index in [1.807, 2.05) is 0 Å². The third kappa shape index (κ3) is 39.6. The van der Waals surface area contributed by atoms with Crippen molar-refractivity contribution in [2.24, 2.45) is 82.9 Å². The maximum Gasteiger partial charge on any atom is 0.320 e. The molecule has 0 radical (unpaired) electrons. The predicted molar refractivity (Wildman–Crippen MR) is 379 cm³/mol. The number of ether oxygens (including phenoxy) is 4. The Morgan fingerprint density at radius 1 is 0.286 bits per heavy atom. The second-order valence-corrected chi connectivity index (χ2v) is 32.6. The van der Waals surface area contributed by atoms with E-state index in [2.05, 4.69) is 60.3 Å². The van der Waals surface area contributed by atoms with E-state index in [9.17, 15) is 24.3 Å². The van der Waals surface area contributed by atoms with E-state index >= 15 is 0 Å². The first-order chi connectivity index (χ1) is 44.1. The monoisotopic (exact) mass is 1280 g/mol. The summed E-state index contributed by atoms with van der Waals surface area (Å²) >= 11 is 0. The summed E-state index contributed by atoms with van der Waals surface area (Å²) in [5.74, 6) is 4.57. The van der Waals surface area contributed by atoms with Crippen molar-refractivity contribution in [2.75, 3.05) is 52.7 Å². The second kappa shape index (κ2) is 51.1. The molecule has 1 N–H and O–H groups in total. The van der Waals surface area contributed by atoms with E-state index in [4.69, 9.17) is 18.9 Å². The van der Waals surface area contributed by atoms with Crippen LogP contribution in [0.3, 0.4) is 0 Å². The van der Waals surface area contributed by atoms with Gasteiger partial charge in [0.25, 0.3) is 0 Å². The Hall–Kier alpha value is -2.20. The molecule has 4 rings (SSSR count). The van der Waals surface area contributed by atoms with Crippen LogP contribution in [0.4, 0.5) is 0 Å². The van der Waals surface area contributed by atoms with Gasteiger partial charge in [-0.1, -0.05) is 274 Å². The molecule has 0 aromatic rings. The van der Waals surface area contributed by atoms with E-state index in [1.54, 1.807) is 0 Å². The smallest absolute Gasteiger partial charge is 0.320 e. The van der Waals surface area contributed by atoms with E-state index in [1.165, 1.54) is 180 Å². The van der Waals surface area contributed by atoms with Gasteiger partial charge in [-0.3, -0.25) is 19.2 Å². The molecule has 10 heteroatoms.